The maximum atomic E-state index is 10.8. The van der Waals surface area contributed by atoms with Crippen LogP contribution in [-0.4, -0.2) is 11.3 Å². The number of aldehydes is 1. The Labute approximate surface area is 105 Å². The minimum atomic E-state index is 0.284. The van der Waals surface area contributed by atoms with Crippen LogP contribution < -0.4 is 10.5 Å². The molecule has 2 N–H and O–H groups in total. The van der Waals surface area contributed by atoms with Gasteiger partial charge in [0.1, 0.15) is 12.3 Å². The molecule has 0 saturated carbocycles. The first-order chi connectivity index (χ1) is 8.70. The van der Waals surface area contributed by atoms with Gasteiger partial charge in [0.05, 0.1) is 0 Å². The van der Waals surface area contributed by atoms with Gasteiger partial charge in [0.25, 0.3) is 0 Å². The predicted molar refractivity (Wildman–Crippen MR) is 69.5 cm³/mol. The van der Waals surface area contributed by atoms with E-state index in [9.17, 15) is 4.79 Å². The van der Waals surface area contributed by atoms with Crippen molar-refractivity contribution in [3.8, 4) is 5.88 Å². The molecular formula is C14H14N2O2. The molecule has 4 heteroatoms. The SMILES string of the molecule is Cc1cc(C=O)c(N)c(OCc2ccccc2)n1. The number of carbonyl (C=O) groups is 1. The lowest BCUT2D eigenvalue weighted by Gasteiger charge is -2.10. The third kappa shape index (κ3) is 2.66. The number of aryl methyl sites for hydroxylation is 1. The summed E-state index contributed by atoms with van der Waals surface area (Å²) in [4.78, 5) is 15.0. The lowest BCUT2D eigenvalue weighted by Crippen LogP contribution is -2.04. The van der Waals surface area contributed by atoms with E-state index in [1.165, 1.54) is 0 Å². The van der Waals surface area contributed by atoms with Crippen molar-refractivity contribution in [3.05, 3.63) is 53.2 Å². The highest BCUT2D eigenvalue weighted by Gasteiger charge is 2.09. The van der Waals surface area contributed by atoms with Crippen molar-refractivity contribution in [1.29, 1.82) is 0 Å². The quantitative estimate of drug-likeness (QED) is 0.836. The molecule has 1 aromatic heterocycles. The molecule has 0 amide bonds. The Kier molecular flexibility index (Phi) is 3.57. The second-order valence-electron chi connectivity index (χ2n) is 3.96. The zero-order valence-electron chi connectivity index (χ0n) is 10.1. The van der Waals surface area contributed by atoms with E-state index in [0.717, 1.165) is 5.56 Å². The van der Waals surface area contributed by atoms with Gasteiger partial charge >= 0.3 is 0 Å². The molecule has 4 nitrogen and oxygen atoms in total. The minimum absolute atomic E-state index is 0.284. The van der Waals surface area contributed by atoms with Gasteiger partial charge in [-0.3, -0.25) is 4.79 Å². The highest BCUT2D eigenvalue weighted by Crippen LogP contribution is 2.23. The Morgan fingerprint density at radius 1 is 1.33 bits per heavy atom. The first kappa shape index (κ1) is 12.1. The molecule has 0 aliphatic carbocycles. The molecule has 1 heterocycles. The Balaban J connectivity index is 2.19. The summed E-state index contributed by atoms with van der Waals surface area (Å²) in [5, 5.41) is 0. The molecular weight excluding hydrogens is 228 g/mol. The van der Waals surface area contributed by atoms with E-state index in [0.29, 0.717) is 30.0 Å². The van der Waals surface area contributed by atoms with Crippen molar-refractivity contribution in [2.75, 3.05) is 5.73 Å². The van der Waals surface area contributed by atoms with Crippen molar-refractivity contribution in [3.63, 3.8) is 0 Å². The maximum Gasteiger partial charge on any atom is 0.238 e. The van der Waals surface area contributed by atoms with E-state index < -0.39 is 0 Å². The van der Waals surface area contributed by atoms with Crippen LogP contribution in [0.1, 0.15) is 21.6 Å². The van der Waals surface area contributed by atoms with E-state index in [-0.39, 0.29) is 5.69 Å². The van der Waals surface area contributed by atoms with Gasteiger partial charge in [-0.2, -0.15) is 0 Å². The predicted octanol–water partition coefficient (Wildman–Crippen LogP) is 2.36. The summed E-state index contributed by atoms with van der Waals surface area (Å²) >= 11 is 0. The smallest absolute Gasteiger partial charge is 0.238 e. The summed E-state index contributed by atoms with van der Waals surface area (Å²) < 4.78 is 5.55. The fourth-order valence-electron chi connectivity index (χ4n) is 1.61. The zero-order chi connectivity index (χ0) is 13.0. The molecule has 2 aromatic rings. The molecule has 2 rings (SSSR count). The van der Waals surface area contributed by atoms with Crippen molar-refractivity contribution in [2.24, 2.45) is 0 Å². The number of anilines is 1. The first-order valence-corrected chi connectivity index (χ1v) is 5.59. The summed E-state index contributed by atoms with van der Waals surface area (Å²) in [5.74, 6) is 0.306. The number of carbonyl (C=O) groups excluding carboxylic acids is 1. The van der Waals surface area contributed by atoms with Gasteiger partial charge in [-0.1, -0.05) is 30.3 Å². The van der Waals surface area contributed by atoms with Crippen LogP contribution in [0.5, 0.6) is 5.88 Å². The number of nitrogens with two attached hydrogens (primary N) is 1. The Bertz CT molecular complexity index is 553. The van der Waals surface area contributed by atoms with Gasteiger partial charge in [0.15, 0.2) is 6.29 Å². The van der Waals surface area contributed by atoms with E-state index in [4.69, 9.17) is 10.5 Å². The van der Waals surface area contributed by atoms with Crippen LogP contribution in [0.4, 0.5) is 5.69 Å². The highest BCUT2D eigenvalue weighted by atomic mass is 16.5. The van der Waals surface area contributed by atoms with Gasteiger partial charge in [0.2, 0.25) is 5.88 Å². The number of hydrogen-bond acceptors (Lipinski definition) is 4. The highest BCUT2D eigenvalue weighted by molar-refractivity contribution is 5.85. The number of aromatic nitrogens is 1. The van der Waals surface area contributed by atoms with Gasteiger partial charge in [-0.05, 0) is 18.6 Å². The lowest BCUT2D eigenvalue weighted by molar-refractivity contribution is 0.112. The third-order valence-electron chi connectivity index (χ3n) is 2.53. The zero-order valence-corrected chi connectivity index (χ0v) is 10.1. The molecule has 0 aliphatic heterocycles. The number of rotatable bonds is 4. The van der Waals surface area contributed by atoms with E-state index in [1.807, 2.05) is 30.3 Å². The monoisotopic (exact) mass is 242 g/mol. The van der Waals surface area contributed by atoms with E-state index in [2.05, 4.69) is 4.98 Å². The van der Waals surface area contributed by atoms with Crippen LogP contribution >= 0.6 is 0 Å². The number of ether oxygens (including phenoxy) is 1. The molecule has 0 radical (unpaired) electrons. The van der Waals surface area contributed by atoms with Crippen LogP contribution in [-0.2, 0) is 6.61 Å². The molecule has 0 spiro atoms. The van der Waals surface area contributed by atoms with Gasteiger partial charge in [-0.25, -0.2) is 4.98 Å². The fourth-order valence-corrected chi connectivity index (χ4v) is 1.61. The van der Waals surface area contributed by atoms with E-state index >= 15 is 0 Å². The first-order valence-electron chi connectivity index (χ1n) is 5.59. The molecule has 18 heavy (non-hydrogen) atoms. The normalized spacial score (nSPS) is 10.1. The number of benzene rings is 1. The van der Waals surface area contributed by atoms with Crippen molar-refractivity contribution < 1.29 is 9.53 Å². The Morgan fingerprint density at radius 2 is 2.06 bits per heavy atom. The largest absolute Gasteiger partial charge is 0.471 e. The van der Waals surface area contributed by atoms with Crippen LogP contribution in [0.15, 0.2) is 36.4 Å². The summed E-state index contributed by atoms with van der Waals surface area (Å²) in [6.45, 7) is 2.17. The maximum absolute atomic E-state index is 10.8. The van der Waals surface area contributed by atoms with Crippen LogP contribution in [0, 0.1) is 6.92 Å². The van der Waals surface area contributed by atoms with Gasteiger partial charge in [0, 0.05) is 11.3 Å². The molecule has 1 aromatic carbocycles. The van der Waals surface area contributed by atoms with Crippen molar-refractivity contribution in [2.45, 2.75) is 13.5 Å². The molecule has 0 bridgehead atoms. The lowest BCUT2D eigenvalue weighted by atomic mass is 10.2. The number of hydrogen-bond donors (Lipinski definition) is 1. The summed E-state index contributed by atoms with van der Waals surface area (Å²) in [6.07, 6.45) is 0.708. The average molecular weight is 242 g/mol. The third-order valence-corrected chi connectivity index (χ3v) is 2.53. The number of nitrogens with zero attached hydrogens (tertiary/aromatic N) is 1. The average Bonchev–Trinajstić information content (AvgIpc) is 2.40. The van der Waals surface area contributed by atoms with Gasteiger partial charge in [-0.15, -0.1) is 0 Å². The van der Waals surface area contributed by atoms with Crippen molar-refractivity contribution in [1.82, 2.24) is 4.98 Å². The van der Waals surface area contributed by atoms with Crippen LogP contribution in [0.3, 0.4) is 0 Å². The topological polar surface area (TPSA) is 65.2 Å². The number of nitrogen functional groups attached to an aromatic ring is 1. The molecule has 0 saturated heterocycles. The summed E-state index contributed by atoms with van der Waals surface area (Å²) in [5.41, 5.74) is 8.22. The number of pyridine rings is 1. The van der Waals surface area contributed by atoms with Gasteiger partial charge < -0.3 is 10.5 Å². The molecule has 0 unspecified atom stereocenters. The summed E-state index contributed by atoms with van der Waals surface area (Å²) in [7, 11) is 0. The second-order valence-corrected chi connectivity index (χ2v) is 3.96. The standard InChI is InChI=1S/C14H14N2O2/c1-10-7-12(8-17)13(15)14(16-10)18-9-11-5-3-2-4-6-11/h2-8H,9,15H2,1H3. The van der Waals surface area contributed by atoms with Crippen LogP contribution in [0.25, 0.3) is 0 Å². The second kappa shape index (κ2) is 5.31. The molecule has 0 atom stereocenters. The fraction of sp³-hybridized carbons (Fsp3) is 0.143. The molecule has 92 valence electrons. The van der Waals surface area contributed by atoms with E-state index in [1.54, 1.807) is 13.0 Å². The summed E-state index contributed by atoms with van der Waals surface area (Å²) in [6, 6.07) is 11.3. The van der Waals surface area contributed by atoms with Crippen LogP contribution in [0.2, 0.25) is 0 Å². The van der Waals surface area contributed by atoms with Crippen molar-refractivity contribution >= 4 is 12.0 Å². The Morgan fingerprint density at radius 3 is 2.72 bits per heavy atom. The minimum Gasteiger partial charge on any atom is -0.471 e. The molecule has 0 fully saturated rings. The molecule has 0 aliphatic rings. The Hall–Kier alpha value is -2.36.